The van der Waals surface area contributed by atoms with E-state index in [0.29, 0.717) is 37.0 Å². The van der Waals surface area contributed by atoms with Crippen LogP contribution in [0.5, 0.6) is 0 Å². The van der Waals surface area contributed by atoms with E-state index in [4.69, 9.17) is 0 Å². The molecule has 0 spiro atoms. The number of nitrogens with one attached hydrogen (secondary N) is 1. The lowest BCUT2D eigenvalue weighted by Gasteiger charge is -2.34. The highest BCUT2D eigenvalue weighted by Gasteiger charge is 2.34. The molecule has 0 bridgehead atoms. The van der Waals surface area contributed by atoms with Crippen molar-refractivity contribution in [3.8, 4) is 6.07 Å². The largest absolute Gasteiger partial charge is 0.325 e. The first-order valence-electron chi connectivity index (χ1n) is 10.1. The van der Waals surface area contributed by atoms with Gasteiger partial charge in [0.2, 0.25) is 10.0 Å². The standard InChI is InChI=1S/C21H32N4O3S/c1-6-17(2)18-7-9-19(10-8-18)29(27,28)25-13-11-24(12-14-25)15-20(26)23(5)21(3,4)16-22/h7-10,17H,6,11-15H2,1-5H3/p+1/t17-/m1/s1. The molecule has 160 valence electrons. The summed E-state index contributed by atoms with van der Waals surface area (Å²) in [5.74, 6) is 0.295. The van der Waals surface area contributed by atoms with Gasteiger partial charge in [-0.15, -0.1) is 0 Å². The summed E-state index contributed by atoms with van der Waals surface area (Å²) in [6, 6.07) is 9.31. The maximum Gasteiger partial charge on any atom is 0.278 e. The van der Waals surface area contributed by atoms with E-state index in [9.17, 15) is 18.5 Å². The Labute approximate surface area is 174 Å². The number of carbonyl (C=O) groups is 1. The highest BCUT2D eigenvalue weighted by atomic mass is 32.2. The quantitative estimate of drug-likeness (QED) is 0.707. The summed E-state index contributed by atoms with van der Waals surface area (Å²) < 4.78 is 27.4. The van der Waals surface area contributed by atoms with Gasteiger partial charge in [-0.25, -0.2) is 8.42 Å². The Morgan fingerprint density at radius 3 is 2.31 bits per heavy atom. The van der Waals surface area contributed by atoms with Crippen molar-refractivity contribution in [3.63, 3.8) is 0 Å². The zero-order valence-electron chi connectivity index (χ0n) is 18.1. The normalized spacial score (nSPS) is 17.5. The van der Waals surface area contributed by atoms with Gasteiger partial charge in [0.1, 0.15) is 5.54 Å². The molecule has 1 fully saturated rings. The number of sulfonamides is 1. The van der Waals surface area contributed by atoms with Crippen LogP contribution in [0.25, 0.3) is 0 Å². The fourth-order valence-electron chi connectivity index (χ4n) is 3.29. The molecule has 1 saturated heterocycles. The Bertz CT molecular complexity index is 851. The van der Waals surface area contributed by atoms with Crippen molar-refractivity contribution in [1.29, 1.82) is 5.26 Å². The van der Waals surface area contributed by atoms with Gasteiger partial charge < -0.3 is 9.80 Å². The summed E-state index contributed by atoms with van der Waals surface area (Å²) >= 11 is 0. The minimum atomic E-state index is -3.53. The molecule has 2 rings (SSSR count). The summed E-state index contributed by atoms with van der Waals surface area (Å²) in [6.45, 7) is 9.80. The lowest BCUT2D eigenvalue weighted by Crippen LogP contribution is -3.15. The van der Waals surface area contributed by atoms with Gasteiger partial charge >= 0.3 is 0 Å². The molecule has 0 aliphatic carbocycles. The number of nitriles is 1. The topological polar surface area (TPSA) is 85.9 Å². The van der Waals surface area contributed by atoms with E-state index in [2.05, 4.69) is 19.9 Å². The van der Waals surface area contributed by atoms with Crippen molar-refractivity contribution in [2.24, 2.45) is 0 Å². The van der Waals surface area contributed by atoms with E-state index in [-0.39, 0.29) is 12.5 Å². The number of rotatable bonds is 7. The molecule has 1 amide bonds. The van der Waals surface area contributed by atoms with E-state index in [0.717, 1.165) is 16.9 Å². The number of quaternary nitrogens is 1. The summed E-state index contributed by atoms with van der Waals surface area (Å²) in [7, 11) is -1.89. The molecule has 1 aromatic carbocycles. The molecular weight excluding hydrogens is 388 g/mol. The summed E-state index contributed by atoms with van der Waals surface area (Å²) in [5.41, 5.74) is 0.284. The smallest absolute Gasteiger partial charge is 0.278 e. The van der Waals surface area contributed by atoms with Gasteiger partial charge in [-0.1, -0.05) is 26.0 Å². The average molecular weight is 422 g/mol. The third kappa shape index (κ3) is 5.35. The number of amides is 1. The number of benzene rings is 1. The van der Waals surface area contributed by atoms with Crippen molar-refractivity contribution in [3.05, 3.63) is 29.8 Å². The fourth-order valence-corrected chi connectivity index (χ4v) is 4.73. The van der Waals surface area contributed by atoms with Crippen molar-refractivity contribution in [1.82, 2.24) is 9.21 Å². The van der Waals surface area contributed by atoms with E-state index >= 15 is 0 Å². The van der Waals surface area contributed by atoms with Gasteiger partial charge in [-0.3, -0.25) is 4.79 Å². The number of carbonyl (C=O) groups excluding carboxylic acids is 1. The molecule has 1 atom stereocenters. The molecule has 29 heavy (non-hydrogen) atoms. The lowest BCUT2D eigenvalue weighted by atomic mass is 9.99. The maximum absolute atomic E-state index is 13.0. The van der Waals surface area contributed by atoms with Crippen molar-refractivity contribution in [2.75, 3.05) is 39.8 Å². The molecule has 1 N–H and O–H groups in total. The molecule has 1 aliphatic heterocycles. The second-order valence-electron chi connectivity index (χ2n) is 8.33. The van der Waals surface area contributed by atoms with Crippen LogP contribution >= 0.6 is 0 Å². The number of nitrogens with zero attached hydrogens (tertiary/aromatic N) is 3. The Morgan fingerprint density at radius 2 is 1.83 bits per heavy atom. The molecule has 0 saturated carbocycles. The monoisotopic (exact) mass is 421 g/mol. The third-order valence-electron chi connectivity index (χ3n) is 6.02. The summed E-state index contributed by atoms with van der Waals surface area (Å²) in [6.07, 6.45) is 1.01. The number of likely N-dealkylation sites (N-methyl/N-ethyl adjacent to an activating group) is 1. The molecular formula is C21H33N4O3S+. The van der Waals surface area contributed by atoms with Crippen LogP contribution in [0.2, 0.25) is 0 Å². The van der Waals surface area contributed by atoms with Crippen LogP contribution in [0.15, 0.2) is 29.2 Å². The molecule has 0 radical (unpaired) electrons. The molecule has 8 heteroatoms. The first kappa shape index (κ1) is 23.3. The van der Waals surface area contributed by atoms with E-state index in [1.165, 1.54) is 9.21 Å². The van der Waals surface area contributed by atoms with Gasteiger partial charge in [0.05, 0.1) is 37.1 Å². The van der Waals surface area contributed by atoms with Crippen molar-refractivity contribution in [2.45, 2.75) is 50.5 Å². The van der Waals surface area contributed by atoms with Crippen LogP contribution in [0, 0.1) is 11.3 Å². The molecule has 1 heterocycles. The molecule has 0 aromatic heterocycles. The van der Waals surface area contributed by atoms with Gasteiger partial charge in [0.15, 0.2) is 6.54 Å². The first-order chi connectivity index (χ1) is 13.5. The van der Waals surface area contributed by atoms with E-state index in [1.807, 2.05) is 12.1 Å². The van der Waals surface area contributed by atoms with Crippen molar-refractivity contribution < 1.29 is 18.1 Å². The predicted octanol–water partition coefficient (Wildman–Crippen LogP) is 0.850. The molecule has 7 nitrogen and oxygen atoms in total. The van der Waals surface area contributed by atoms with Crippen LogP contribution in [0.1, 0.15) is 45.6 Å². The molecule has 1 aromatic rings. The second-order valence-corrected chi connectivity index (χ2v) is 10.3. The lowest BCUT2D eigenvalue weighted by molar-refractivity contribution is -0.896. The van der Waals surface area contributed by atoms with Gasteiger partial charge in [-0.2, -0.15) is 9.57 Å². The Hall–Kier alpha value is -1.95. The number of hydrogen-bond acceptors (Lipinski definition) is 4. The average Bonchev–Trinajstić information content (AvgIpc) is 2.72. The highest BCUT2D eigenvalue weighted by molar-refractivity contribution is 7.89. The Kier molecular flexibility index (Phi) is 7.44. The number of hydrogen-bond donors (Lipinski definition) is 1. The van der Waals surface area contributed by atoms with Crippen LogP contribution < -0.4 is 4.90 Å². The van der Waals surface area contributed by atoms with E-state index in [1.54, 1.807) is 33.0 Å². The van der Waals surface area contributed by atoms with Crippen LogP contribution in [-0.4, -0.2) is 68.8 Å². The minimum absolute atomic E-state index is 0.108. The first-order valence-corrected chi connectivity index (χ1v) is 11.6. The third-order valence-corrected chi connectivity index (χ3v) is 7.93. The maximum atomic E-state index is 13.0. The zero-order valence-corrected chi connectivity index (χ0v) is 18.9. The highest BCUT2D eigenvalue weighted by Crippen LogP contribution is 2.22. The fraction of sp³-hybridized carbons (Fsp3) is 0.619. The zero-order chi connectivity index (χ0) is 21.8. The Morgan fingerprint density at radius 1 is 1.28 bits per heavy atom. The van der Waals surface area contributed by atoms with Gasteiger partial charge in [0.25, 0.3) is 5.91 Å². The van der Waals surface area contributed by atoms with Crippen LogP contribution in [0.3, 0.4) is 0 Å². The van der Waals surface area contributed by atoms with Gasteiger partial charge in [0, 0.05) is 7.05 Å². The van der Waals surface area contributed by atoms with Gasteiger partial charge in [-0.05, 0) is 43.9 Å². The van der Waals surface area contributed by atoms with Crippen LogP contribution in [0.4, 0.5) is 0 Å². The summed E-state index contributed by atoms with van der Waals surface area (Å²) in [5, 5.41) is 9.19. The second kappa shape index (κ2) is 9.24. The summed E-state index contributed by atoms with van der Waals surface area (Å²) in [4.78, 5) is 15.3. The van der Waals surface area contributed by atoms with Crippen LogP contribution in [-0.2, 0) is 14.8 Å². The number of piperazine rings is 1. The molecule has 0 unspecified atom stereocenters. The predicted molar refractivity (Wildman–Crippen MR) is 112 cm³/mol. The Balaban J connectivity index is 1.98. The SMILES string of the molecule is CC[C@@H](C)c1ccc(S(=O)(=O)N2CC[NH+](CC(=O)N(C)C(C)(C)C#N)CC2)cc1. The minimum Gasteiger partial charge on any atom is -0.325 e. The van der Waals surface area contributed by atoms with E-state index < -0.39 is 15.6 Å². The molecule has 1 aliphatic rings. The van der Waals surface area contributed by atoms with Crippen molar-refractivity contribution >= 4 is 15.9 Å².